The molecule has 19 heteroatoms. The molecule has 0 unspecified atom stereocenters. The number of hydrogen-bond donors (Lipinski definition) is 4. The van der Waals surface area contributed by atoms with E-state index >= 15 is 0 Å². The number of carbonyl (C=O) groups is 2. The SMILES string of the molecule is Cc1ccc(S(=O)(=O)N[C@H]2CC[C@H](CC#N)OC2)cc1-c1cnc2c(N)nc(C(=O)NC3CC(F)(F)C3)cn12.O=C(O)C(F)(F)F. The van der Waals surface area contributed by atoms with Gasteiger partial charge in [-0.05, 0) is 37.5 Å². The number of nitrogen functional groups attached to an aromatic ring is 1. The van der Waals surface area contributed by atoms with Crippen LogP contribution in [0.15, 0.2) is 35.5 Å². The lowest BCUT2D eigenvalue weighted by Gasteiger charge is -2.35. The molecule has 2 aromatic heterocycles. The summed E-state index contributed by atoms with van der Waals surface area (Å²) in [4.78, 5) is 30.0. The Morgan fingerprint density at radius 2 is 1.91 bits per heavy atom. The van der Waals surface area contributed by atoms with E-state index in [4.69, 9.17) is 25.6 Å². The molecule has 1 aliphatic carbocycles. The molecule has 5 N–H and O–H groups in total. The maximum atomic E-state index is 13.2. The molecule has 0 spiro atoms. The molecule has 1 aromatic carbocycles. The van der Waals surface area contributed by atoms with Crippen molar-refractivity contribution in [2.24, 2.45) is 0 Å². The summed E-state index contributed by atoms with van der Waals surface area (Å²) in [6.07, 6.45) is -1.86. The molecule has 13 nitrogen and oxygen atoms in total. The number of anilines is 1. The van der Waals surface area contributed by atoms with Gasteiger partial charge < -0.3 is 20.9 Å². The number of fused-ring (bicyclic) bond motifs is 1. The molecule has 1 saturated heterocycles. The van der Waals surface area contributed by atoms with Crippen LogP contribution in [0, 0.1) is 18.3 Å². The Balaban J connectivity index is 0.000000617. The van der Waals surface area contributed by atoms with Gasteiger partial charge in [0, 0.05) is 36.7 Å². The molecule has 1 saturated carbocycles. The second kappa shape index (κ2) is 13.1. The molecular formula is C27H28F5N7O6S. The number of sulfonamides is 1. The Hall–Kier alpha value is -4.41. The van der Waals surface area contributed by atoms with Gasteiger partial charge in [-0.2, -0.15) is 18.4 Å². The lowest BCUT2D eigenvalue weighted by Crippen LogP contribution is -2.50. The first kappa shape index (κ1) is 34.5. The Morgan fingerprint density at radius 3 is 2.48 bits per heavy atom. The zero-order chi connectivity index (χ0) is 34.0. The molecule has 248 valence electrons. The van der Waals surface area contributed by atoms with Crippen LogP contribution < -0.4 is 15.8 Å². The summed E-state index contributed by atoms with van der Waals surface area (Å²) in [6, 6.07) is 5.65. The van der Waals surface area contributed by atoms with Crippen LogP contribution in [0.2, 0.25) is 0 Å². The van der Waals surface area contributed by atoms with Crippen LogP contribution in [-0.2, 0) is 19.6 Å². The van der Waals surface area contributed by atoms with Gasteiger partial charge in [-0.15, -0.1) is 0 Å². The number of carboxylic acid groups (broad SMARTS) is 1. The number of nitriles is 1. The first-order valence-electron chi connectivity index (χ1n) is 13.6. The predicted molar refractivity (Wildman–Crippen MR) is 150 cm³/mol. The van der Waals surface area contributed by atoms with Crippen molar-refractivity contribution < 1.29 is 49.8 Å². The lowest BCUT2D eigenvalue weighted by atomic mass is 9.88. The summed E-state index contributed by atoms with van der Waals surface area (Å²) >= 11 is 0. The minimum Gasteiger partial charge on any atom is -0.475 e. The van der Waals surface area contributed by atoms with E-state index in [0.717, 1.165) is 5.56 Å². The van der Waals surface area contributed by atoms with Crippen LogP contribution in [0.5, 0.6) is 0 Å². The van der Waals surface area contributed by atoms with E-state index in [2.05, 4.69) is 26.1 Å². The third-order valence-corrected chi connectivity index (χ3v) is 8.74. The van der Waals surface area contributed by atoms with Gasteiger partial charge in [0.15, 0.2) is 11.5 Å². The van der Waals surface area contributed by atoms with Crippen LogP contribution in [0.25, 0.3) is 16.9 Å². The quantitative estimate of drug-likeness (QED) is 0.270. The lowest BCUT2D eigenvalue weighted by molar-refractivity contribution is -0.192. The molecule has 1 aliphatic heterocycles. The summed E-state index contributed by atoms with van der Waals surface area (Å²) in [6.45, 7) is 1.98. The van der Waals surface area contributed by atoms with E-state index in [-0.39, 0.29) is 41.2 Å². The predicted octanol–water partition coefficient (Wildman–Crippen LogP) is 3.19. The zero-order valence-corrected chi connectivity index (χ0v) is 24.8. The number of aryl methyl sites for hydroxylation is 1. The zero-order valence-electron chi connectivity index (χ0n) is 24.0. The molecule has 0 radical (unpaired) electrons. The van der Waals surface area contributed by atoms with E-state index in [1.807, 2.05) is 0 Å². The summed E-state index contributed by atoms with van der Waals surface area (Å²) < 4.78 is 94.3. The molecular weight excluding hydrogens is 645 g/mol. The molecule has 3 heterocycles. The summed E-state index contributed by atoms with van der Waals surface area (Å²) in [5.41, 5.74) is 7.98. The van der Waals surface area contributed by atoms with E-state index in [1.54, 1.807) is 13.0 Å². The fraction of sp³-hybridized carbons (Fsp3) is 0.444. The summed E-state index contributed by atoms with van der Waals surface area (Å²) in [7, 11) is -3.91. The molecule has 2 atom stereocenters. The second-order valence-electron chi connectivity index (χ2n) is 10.8. The van der Waals surface area contributed by atoms with Crippen LogP contribution in [0.1, 0.15) is 48.2 Å². The number of alkyl halides is 5. The van der Waals surface area contributed by atoms with Gasteiger partial charge in [-0.3, -0.25) is 9.20 Å². The van der Waals surface area contributed by atoms with Crippen molar-refractivity contribution >= 4 is 33.4 Å². The van der Waals surface area contributed by atoms with Crippen LogP contribution in [0.3, 0.4) is 0 Å². The molecule has 0 bridgehead atoms. The van der Waals surface area contributed by atoms with Gasteiger partial charge in [0.05, 0.1) is 42.0 Å². The third kappa shape index (κ3) is 8.05. The van der Waals surface area contributed by atoms with Crippen molar-refractivity contribution in [1.82, 2.24) is 24.4 Å². The fourth-order valence-electron chi connectivity index (χ4n) is 4.84. The number of rotatable bonds is 7. The molecule has 2 aliphatic rings. The Morgan fingerprint density at radius 1 is 1.24 bits per heavy atom. The Labute approximate surface area is 258 Å². The van der Waals surface area contributed by atoms with Crippen molar-refractivity contribution in [3.8, 4) is 17.3 Å². The second-order valence-corrected chi connectivity index (χ2v) is 12.5. The Kier molecular flexibility index (Phi) is 9.84. The highest BCUT2D eigenvalue weighted by atomic mass is 32.2. The number of carbonyl (C=O) groups excluding carboxylic acids is 1. The molecule has 5 rings (SSSR count). The summed E-state index contributed by atoms with van der Waals surface area (Å²) in [5.74, 6) is -6.23. The van der Waals surface area contributed by atoms with Gasteiger partial charge in [0.1, 0.15) is 5.69 Å². The van der Waals surface area contributed by atoms with Crippen LogP contribution in [0.4, 0.5) is 27.8 Å². The van der Waals surface area contributed by atoms with Crippen molar-refractivity contribution in [3.05, 3.63) is 41.9 Å². The van der Waals surface area contributed by atoms with E-state index in [0.29, 0.717) is 24.1 Å². The topological polar surface area (TPSA) is 202 Å². The largest absolute Gasteiger partial charge is 0.490 e. The summed E-state index contributed by atoms with van der Waals surface area (Å²) in [5, 5.41) is 18.5. The van der Waals surface area contributed by atoms with Crippen molar-refractivity contribution in [3.63, 3.8) is 0 Å². The fourth-order valence-corrected chi connectivity index (χ4v) is 6.12. The highest BCUT2D eigenvalue weighted by molar-refractivity contribution is 7.89. The minimum atomic E-state index is -5.08. The highest BCUT2D eigenvalue weighted by Crippen LogP contribution is 2.37. The number of hydrogen-bond acceptors (Lipinski definition) is 9. The average molecular weight is 674 g/mol. The number of nitrogens with two attached hydrogens (primary N) is 1. The van der Waals surface area contributed by atoms with E-state index in [1.165, 1.54) is 28.9 Å². The number of carboxylic acids is 1. The van der Waals surface area contributed by atoms with Crippen LogP contribution >= 0.6 is 0 Å². The van der Waals surface area contributed by atoms with Crippen molar-refractivity contribution in [2.45, 2.75) is 74.2 Å². The number of aliphatic carboxylic acids is 1. The number of aromatic nitrogens is 3. The number of nitrogens with one attached hydrogen (secondary N) is 2. The first-order chi connectivity index (χ1) is 21.4. The number of benzene rings is 1. The number of ether oxygens (including phenoxy) is 1. The van der Waals surface area contributed by atoms with Gasteiger partial charge in [0.2, 0.25) is 10.0 Å². The number of amides is 1. The van der Waals surface area contributed by atoms with Crippen molar-refractivity contribution in [1.29, 1.82) is 5.26 Å². The molecule has 46 heavy (non-hydrogen) atoms. The van der Waals surface area contributed by atoms with Gasteiger partial charge in [-0.25, -0.2) is 36.7 Å². The maximum Gasteiger partial charge on any atom is 0.490 e. The van der Waals surface area contributed by atoms with Gasteiger partial charge >= 0.3 is 12.1 Å². The number of imidazole rings is 1. The van der Waals surface area contributed by atoms with Gasteiger partial charge in [0.25, 0.3) is 11.8 Å². The average Bonchev–Trinajstić information content (AvgIpc) is 3.37. The standard InChI is InChI=1S/C25H27F2N7O4S.C2HF3O2/c1-14-2-5-18(39(36,37)33-15-3-4-17(6-7-28)38-13-15)8-19(14)21-11-30-23-22(29)32-20(12-34(21)23)24(35)31-16-9-25(26,27)10-16;3-2(4,5)1(6)7/h2,5,8,11-12,15-17,33H,3-4,6,9-10,13H2,1H3,(H2,29,32)(H,31,35);(H,6,7)/t15-,17+;/m0./s1. The Bertz CT molecular complexity index is 1780. The maximum absolute atomic E-state index is 13.2. The molecule has 2 fully saturated rings. The molecule has 1 amide bonds. The third-order valence-electron chi connectivity index (χ3n) is 7.22. The van der Waals surface area contributed by atoms with Crippen LogP contribution in [-0.4, -0.2) is 76.7 Å². The van der Waals surface area contributed by atoms with E-state index < -0.39 is 58.9 Å². The minimum absolute atomic E-state index is 0.0307. The number of nitrogens with zero attached hydrogens (tertiary/aromatic N) is 4. The van der Waals surface area contributed by atoms with E-state index in [9.17, 15) is 35.2 Å². The monoisotopic (exact) mass is 673 g/mol. The van der Waals surface area contributed by atoms with Gasteiger partial charge in [-0.1, -0.05) is 6.07 Å². The normalized spacial score (nSPS) is 19.8. The van der Waals surface area contributed by atoms with Crippen molar-refractivity contribution in [2.75, 3.05) is 12.3 Å². The first-order valence-corrected chi connectivity index (χ1v) is 15.1. The highest BCUT2D eigenvalue weighted by Gasteiger charge is 2.46. The number of halogens is 5. The smallest absolute Gasteiger partial charge is 0.475 e. The molecule has 3 aromatic rings.